The quantitative estimate of drug-likeness (QED) is 0.150. The van der Waals surface area contributed by atoms with Gasteiger partial charge in [0.15, 0.2) is 11.9 Å². The summed E-state index contributed by atoms with van der Waals surface area (Å²) in [6.07, 6.45) is 9.84. The van der Waals surface area contributed by atoms with Crippen LogP contribution in [0.15, 0.2) is 72.4 Å². The highest BCUT2D eigenvalue weighted by Gasteiger charge is 2.77. The number of carbonyl (C=O) groups is 3. The fraction of sp³-hybridized carbons (Fsp3) is 0.564. The number of esters is 1. The normalized spacial score (nSPS) is 35.5. The molecule has 47 heavy (non-hydrogen) atoms. The van der Waals surface area contributed by atoms with Gasteiger partial charge in [-0.05, 0) is 111 Å². The van der Waals surface area contributed by atoms with Crippen molar-refractivity contribution in [3.05, 3.63) is 77.9 Å². The maximum absolute atomic E-state index is 14.0. The molecular weight excluding hydrogens is 633 g/mol. The lowest BCUT2D eigenvalue weighted by Gasteiger charge is -2.64. The molecule has 252 valence electrons. The summed E-state index contributed by atoms with van der Waals surface area (Å²) in [6.45, 7) is 14.6. The minimum Gasteiger partial charge on any atom is -0.450 e. The van der Waals surface area contributed by atoms with Gasteiger partial charge >= 0.3 is 5.97 Å². The van der Waals surface area contributed by atoms with E-state index in [2.05, 4.69) is 38.0 Å². The zero-order valence-corrected chi connectivity index (χ0v) is 29.2. The highest BCUT2D eigenvalue weighted by Crippen LogP contribution is 2.76. The van der Waals surface area contributed by atoms with Crippen molar-refractivity contribution < 1.29 is 24.2 Å². The van der Waals surface area contributed by atoms with Crippen molar-refractivity contribution in [3.8, 4) is 0 Å². The van der Waals surface area contributed by atoms with Crippen LogP contribution in [0.1, 0.15) is 70.8 Å². The molecule has 5 aliphatic rings. The van der Waals surface area contributed by atoms with Crippen LogP contribution in [0.5, 0.6) is 0 Å². The smallest absolute Gasteiger partial charge is 0.306 e. The molecule has 0 saturated heterocycles. The molecule has 0 amide bonds. The minimum atomic E-state index is -1.60. The summed E-state index contributed by atoms with van der Waals surface area (Å²) in [5, 5.41) is 12.2. The number of aryl methyl sites for hydroxylation is 1. The number of ether oxygens (including phenoxy) is 1. The molecule has 6 rings (SSSR count). The predicted molar refractivity (Wildman–Crippen MR) is 187 cm³/mol. The molecule has 6 nitrogen and oxygen atoms in total. The number of nitrogens with zero attached hydrogens (tertiary/aromatic N) is 1. The zero-order chi connectivity index (χ0) is 33.8. The highest BCUT2D eigenvalue weighted by molar-refractivity contribution is 6.18. The van der Waals surface area contributed by atoms with Crippen molar-refractivity contribution in [2.75, 3.05) is 29.7 Å². The molecule has 0 radical (unpaired) electrons. The second kappa shape index (κ2) is 12.7. The minimum absolute atomic E-state index is 0.00419. The molecule has 7 atom stereocenters. The first-order chi connectivity index (χ1) is 22.4. The van der Waals surface area contributed by atoms with Gasteiger partial charge < -0.3 is 14.7 Å². The number of halogens is 2. The van der Waals surface area contributed by atoms with Crippen LogP contribution < -0.4 is 4.90 Å². The van der Waals surface area contributed by atoms with Crippen LogP contribution in [0.25, 0.3) is 0 Å². The van der Waals surface area contributed by atoms with Crippen LogP contribution in [0.2, 0.25) is 0 Å². The Balaban J connectivity index is 1.15. The van der Waals surface area contributed by atoms with Crippen molar-refractivity contribution in [2.45, 2.75) is 83.3 Å². The van der Waals surface area contributed by atoms with Gasteiger partial charge in [0.25, 0.3) is 0 Å². The van der Waals surface area contributed by atoms with Crippen molar-refractivity contribution >= 4 is 46.4 Å². The Bertz CT molecular complexity index is 1540. The third-order valence-electron chi connectivity index (χ3n) is 12.7. The number of alkyl halides is 2. The van der Waals surface area contributed by atoms with E-state index in [-0.39, 0.29) is 29.5 Å². The summed E-state index contributed by atoms with van der Waals surface area (Å²) in [7, 11) is 0. The largest absolute Gasteiger partial charge is 0.450 e. The van der Waals surface area contributed by atoms with Crippen molar-refractivity contribution in [2.24, 2.45) is 28.1 Å². The number of rotatable bonds is 11. The molecule has 1 unspecified atom stereocenters. The van der Waals surface area contributed by atoms with Crippen LogP contribution in [0.4, 0.5) is 5.69 Å². The molecule has 0 heterocycles. The van der Waals surface area contributed by atoms with Crippen LogP contribution in [-0.2, 0) is 25.5 Å². The van der Waals surface area contributed by atoms with Crippen molar-refractivity contribution in [1.29, 1.82) is 0 Å². The van der Waals surface area contributed by atoms with Gasteiger partial charge in [0.2, 0.25) is 5.78 Å². The van der Waals surface area contributed by atoms with Gasteiger partial charge in [-0.15, -0.1) is 23.2 Å². The first-order valence-electron chi connectivity index (χ1n) is 17.1. The first kappa shape index (κ1) is 34.2. The Labute approximate surface area is 288 Å². The van der Waals surface area contributed by atoms with Gasteiger partial charge in [-0.1, -0.05) is 49.4 Å². The molecule has 1 aromatic rings. The Morgan fingerprint density at radius 2 is 1.74 bits per heavy atom. The van der Waals surface area contributed by atoms with E-state index in [1.54, 1.807) is 12.2 Å². The summed E-state index contributed by atoms with van der Waals surface area (Å²) in [4.78, 5) is 41.7. The lowest BCUT2D eigenvalue weighted by Crippen LogP contribution is -2.60. The standard InChI is InChI=1S/C39H47Cl2NO5/c1-25(2)37-17-13-30(43)24-28(37)12-16-36(4)31(37)14-18-38-26(3)34(35(45)39(38,46)19-15-32(36)38)47-33(44)7-5-6-27-8-10-29(11-9-27)42(22-20-40)23-21-41/h8-11,13,17,24,31-32,34,46H,1,3,5-7,12,14-16,18-23H2,2,4H3/t31-,32-,34?,36+,37+,38+,39-/m1/s1. The average molecular weight is 681 g/mol. The van der Waals surface area contributed by atoms with Crippen LogP contribution >= 0.6 is 23.2 Å². The molecule has 5 aliphatic carbocycles. The van der Waals surface area contributed by atoms with Gasteiger partial charge in [0.1, 0.15) is 5.60 Å². The molecule has 4 saturated carbocycles. The van der Waals surface area contributed by atoms with Crippen molar-refractivity contribution in [3.63, 3.8) is 0 Å². The number of allylic oxidation sites excluding steroid dienone is 5. The SMILES string of the molecule is C=C(C)[C@@]12C=CC(=O)C=C1CC[C@]1(C)[C@H]3CC[C@@]4(O)C(=O)C(OC(=O)CCCc5ccc(N(CCCl)CCCl)cc5)C(=C)[C@@]34CC[C@@H]21. The summed E-state index contributed by atoms with van der Waals surface area (Å²) in [6, 6.07) is 8.19. The number of hydrogen-bond acceptors (Lipinski definition) is 6. The van der Waals surface area contributed by atoms with Crippen LogP contribution in [0.3, 0.4) is 0 Å². The average Bonchev–Trinajstić information content (AvgIpc) is 3.44. The topological polar surface area (TPSA) is 83.9 Å². The summed E-state index contributed by atoms with van der Waals surface area (Å²) >= 11 is 11.9. The van der Waals surface area contributed by atoms with E-state index >= 15 is 0 Å². The van der Waals surface area contributed by atoms with Crippen molar-refractivity contribution in [1.82, 2.24) is 0 Å². The van der Waals surface area contributed by atoms with E-state index in [1.165, 1.54) is 0 Å². The first-order valence-corrected chi connectivity index (χ1v) is 18.2. The van der Waals surface area contributed by atoms with Crippen LogP contribution in [0, 0.1) is 28.1 Å². The van der Waals surface area contributed by atoms with E-state index in [1.807, 2.05) is 24.3 Å². The van der Waals surface area contributed by atoms with Gasteiger partial charge in [-0.3, -0.25) is 14.4 Å². The van der Waals surface area contributed by atoms with Gasteiger partial charge in [0, 0.05) is 47.8 Å². The summed E-state index contributed by atoms with van der Waals surface area (Å²) in [5.74, 6) is 0.373. The number of hydrogen-bond donors (Lipinski definition) is 1. The highest BCUT2D eigenvalue weighted by atomic mass is 35.5. The van der Waals surface area contributed by atoms with Gasteiger partial charge in [-0.2, -0.15) is 0 Å². The summed E-state index contributed by atoms with van der Waals surface area (Å²) in [5.41, 5.74) is 1.81. The second-order valence-electron chi connectivity index (χ2n) is 14.7. The molecule has 1 spiro atoms. The zero-order valence-electron chi connectivity index (χ0n) is 27.7. The van der Waals surface area contributed by atoms with E-state index in [0.29, 0.717) is 62.5 Å². The Hall–Kier alpha value is -2.67. The number of benzene rings is 1. The fourth-order valence-corrected chi connectivity index (χ4v) is 11.0. The number of carbonyl (C=O) groups excluding carboxylic acids is 3. The van der Waals surface area contributed by atoms with E-state index in [4.69, 9.17) is 27.9 Å². The fourth-order valence-electron chi connectivity index (χ4n) is 10.6. The monoisotopic (exact) mass is 679 g/mol. The number of aliphatic hydroxyl groups is 1. The maximum atomic E-state index is 14.0. The molecule has 0 aliphatic heterocycles. The third kappa shape index (κ3) is 5.11. The molecule has 0 aromatic heterocycles. The van der Waals surface area contributed by atoms with Gasteiger partial charge in [-0.25, -0.2) is 0 Å². The molecular formula is C39H47Cl2NO5. The number of Topliss-reactive ketones (excluding diaryl/α,β-unsaturated/α-hetero) is 1. The van der Waals surface area contributed by atoms with E-state index < -0.39 is 34.3 Å². The molecule has 4 fully saturated rings. The van der Waals surface area contributed by atoms with Crippen LogP contribution in [-0.4, -0.2) is 59.2 Å². The second-order valence-corrected chi connectivity index (χ2v) is 15.5. The summed E-state index contributed by atoms with van der Waals surface area (Å²) < 4.78 is 5.90. The third-order valence-corrected chi connectivity index (χ3v) is 13.1. The molecule has 0 bridgehead atoms. The van der Waals surface area contributed by atoms with E-state index in [0.717, 1.165) is 41.7 Å². The Morgan fingerprint density at radius 1 is 1.06 bits per heavy atom. The lowest BCUT2D eigenvalue weighted by molar-refractivity contribution is -0.161. The molecule has 1 aromatic carbocycles. The number of anilines is 1. The predicted octanol–water partition coefficient (Wildman–Crippen LogP) is 7.31. The lowest BCUT2D eigenvalue weighted by atomic mass is 9.39. The van der Waals surface area contributed by atoms with Gasteiger partial charge in [0.05, 0.1) is 0 Å². The number of fused-ring (bicyclic) bond motifs is 4. The Morgan fingerprint density at radius 3 is 2.40 bits per heavy atom. The molecule has 8 heteroatoms. The maximum Gasteiger partial charge on any atom is 0.306 e. The van der Waals surface area contributed by atoms with E-state index in [9.17, 15) is 19.5 Å². The Kier molecular flexibility index (Phi) is 9.21. The molecule has 1 N–H and O–H groups in total. The number of ketones is 2.